The molecule has 1 aliphatic carbocycles. The molecule has 4 heteroatoms. The molecule has 2 aliphatic rings. The summed E-state index contributed by atoms with van der Waals surface area (Å²) in [5, 5.41) is 9.05. The molecule has 1 aromatic rings. The average Bonchev–Trinajstić information content (AvgIpc) is 3.26. The van der Waals surface area contributed by atoms with E-state index in [-0.39, 0.29) is 23.9 Å². The molecule has 3 rings (SSSR count). The molecule has 1 heterocycles. The van der Waals surface area contributed by atoms with E-state index in [1.54, 1.807) is 13.0 Å². The fourth-order valence-corrected chi connectivity index (χ4v) is 3.46. The second-order valence-corrected chi connectivity index (χ2v) is 5.99. The van der Waals surface area contributed by atoms with Crippen molar-refractivity contribution in [2.75, 3.05) is 4.90 Å². The van der Waals surface area contributed by atoms with Crippen LogP contribution in [-0.4, -0.2) is 11.9 Å². The molecule has 104 valence electrons. The van der Waals surface area contributed by atoms with Gasteiger partial charge in [-0.2, -0.15) is 5.26 Å². The number of fused-ring (bicyclic) bond motifs is 1. The van der Waals surface area contributed by atoms with Crippen molar-refractivity contribution in [2.45, 2.75) is 38.8 Å². The van der Waals surface area contributed by atoms with E-state index >= 15 is 0 Å². The first-order chi connectivity index (χ1) is 9.54. The Labute approximate surface area is 119 Å². The third-order valence-electron chi connectivity index (χ3n) is 4.62. The summed E-state index contributed by atoms with van der Waals surface area (Å²) in [6.07, 6.45) is 2.36. The molecule has 2 N–H and O–H groups in total. The SMILES string of the molecule is CC(=O)N1c2ccc(C#N)cc2[C@H](N)[C@@H](C)C1C1CC1. The first-order valence-corrected chi connectivity index (χ1v) is 7.14. The number of nitrogens with two attached hydrogens (primary N) is 1. The molecule has 1 amide bonds. The van der Waals surface area contributed by atoms with Gasteiger partial charge in [-0.15, -0.1) is 0 Å². The van der Waals surface area contributed by atoms with Crippen LogP contribution in [0.3, 0.4) is 0 Å². The van der Waals surface area contributed by atoms with Gasteiger partial charge in [0.1, 0.15) is 0 Å². The fourth-order valence-electron chi connectivity index (χ4n) is 3.46. The predicted octanol–water partition coefficient (Wildman–Crippen LogP) is 2.34. The summed E-state index contributed by atoms with van der Waals surface area (Å²) in [4.78, 5) is 14.0. The van der Waals surface area contributed by atoms with Gasteiger partial charge in [0.2, 0.25) is 5.91 Å². The summed E-state index contributed by atoms with van der Waals surface area (Å²) < 4.78 is 0. The summed E-state index contributed by atoms with van der Waals surface area (Å²) in [5.41, 5.74) is 8.79. The van der Waals surface area contributed by atoms with Crippen molar-refractivity contribution >= 4 is 11.6 Å². The predicted molar refractivity (Wildman–Crippen MR) is 76.9 cm³/mol. The van der Waals surface area contributed by atoms with Gasteiger partial charge in [0.15, 0.2) is 0 Å². The maximum atomic E-state index is 12.1. The molecular weight excluding hydrogens is 250 g/mol. The lowest BCUT2D eigenvalue weighted by Gasteiger charge is -2.44. The van der Waals surface area contributed by atoms with E-state index in [1.165, 1.54) is 12.8 Å². The van der Waals surface area contributed by atoms with Gasteiger partial charge in [-0.25, -0.2) is 0 Å². The van der Waals surface area contributed by atoms with E-state index in [4.69, 9.17) is 11.0 Å². The van der Waals surface area contributed by atoms with Gasteiger partial charge in [-0.3, -0.25) is 4.79 Å². The lowest BCUT2D eigenvalue weighted by Crippen LogP contribution is -2.51. The topological polar surface area (TPSA) is 70.1 Å². The maximum absolute atomic E-state index is 12.1. The van der Waals surface area contributed by atoms with Gasteiger partial charge in [0.05, 0.1) is 11.6 Å². The Balaban J connectivity index is 2.14. The van der Waals surface area contributed by atoms with E-state index in [2.05, 4.69) is 13.0 Å². The number of amides is 1. The van der Waals surface area contributed by atoms with Gasteiger partial charge in [0, 0.05) is 24.7 Å². The Kier molecular flexibility index (Phi) is 3.02. The van der Waals surface area contributed by atoms with Crippen molar-refractivity contribution in [2.24, 2.45) is 17.6 Å². The summed E-state index contributed by atoms with van der Waals surface area (Å²) in [6.45, 7) is 3.73. The lowest BCUT2D eigenvalue weighted by atomic mass is 9.80. The molecule has 1 saturated carbocycles. The standard InChI is InChI=1S/C16H19N3O/c1-9-15(18)13-7-11(8-17)3-6-14(13)19(10(2)20)16(9)12-4-5-12/h3,6-7,9,12,15-16H,4-5,18H2,1-2H3/t9-,15-,16?/m1/s1. The second kappa shape index (κ2) is 4.60. The zero-order valence-electron chi connectivity index (χ0n) is 11.8. The highest BCUT2D eigenvalue weighted by Gasteiger charge is 2.46. The van der Waals surface area contributed by atoms with Crippen LogP contribution >= 0.6 is 0 Å². The Hall–Kier alpha value is -1.86. The van der Waals surface area contributed by atoms with Crippen molar-refractivity contribution < 1.29 is 4.79 Å². The van der Waals surface area contributed by atoms with Crippen LogP contribution in [0.5, 0.6) is 0 Å². The Morgan fingerprint density at radius 3 is 2.70 bits per heavy atom. The first-order valence-electron chi connectivity index (χ1n) is 7.14. The van der Waals surface area contributed by atoms with Crippen molar-refractivity contribution in [3.05, 3.63) is 29.3 Å². The number of nitriles is 1. The second-order valence-electron chi connectivity index (χ2n) is 5.99. The number of rotatable bonds is 1. The molecule has 0 bridgehead atoms. The molecule has 1 aliphatic heterocycles. The minimum Gasteiger partial charge on any atom is -0.324 e. The third kappa shape index (κ3) is 1.90. The number of carbonyl (C=O) groups excluding carboxylic acids is 1. The van der Waals surface area contributed by atoms with Gasteiger partial charge in [0.25, 0.3) is 0 Å². The minimum absolute atomic E-state index is 0.0617. The zero-order chi connectivity index (χ0) is 14.4. The normalized spacial score (nSPS) is 28.7. The van der Waals surface area contributed by atoms with Crippen molar-refractivity contribution in [1.29, 1.82) is 5.26 Å². The smallest absolute Gasteiger partial charge is 0.224 e. The van der Waals surface area contributed by atoms with Gasteiger partial charge in [-0.1, -0.05) is 6.92 Å². The monoisotopic (exact) mass is 269 g/mol. The van der Waals surface area contributed by atoms with E-state index in [0.717, 1.165) is 11.3 Å². The van der Waals surface area contributed by atoms with Crippen LogP contribution in [0.4, 0.5) is 5.69 Å². The number of benzene rings is 1. The molecule has 1 aromatic carbocycles. The number of nitrogens with zero attached hydrogens (tertiary/aromatic N) is 2. The van der Waals surface area contributed by atoms with E-state index in [0.29, 0.717) is 11.5 Å². The fraction of sp³-hybridized carbons (Fsp3) is 0.500. The minimum atomic E-state index is -0.112. The van der Waals surface area contributed by atoms with Crippen LogP contribution in [0, 0.1) is 23.2 Å². The summed E-state index contributed by atoms with van der Waals surface area (Å²) in [5.74, 6) is 0.850. The van der Waals surface area contributed by atoms with E-state index in [1.807, 2.05) is 17.0 Å². The third-order valence-corrected chi connectivity index (χ3v) is 4.62. The molecular formula is C16H19N3O. The average molecular weight is 269 g/mol. The number of hydrogen-bond donors (Lipinski definition) is 1. The maximum Gasteiger partial charge on any atom is 0.224 e. The Morgan fingerprint density at radius 1 is 1.45 bits per heavy atom. The lowest BCUT2D eigenvalue weighted by molar-refractivity contribution is -0.117. The van der Waals surface area contributed by atoms with Gasteiger partial charge >= 0.3 is 0 Å². The van der Waals surface area contributed by atoms with Crippen LogP contribution in [0.25, 0.3) is 0 Å². The molecule has 4 nitrogen and oxygen atoms in total. The summed E-state index contributed by atoms with van der Waals surface area (Å²) in [6, 6.07) is 7.70. The Morgan fingerprint density at radius 2 is 2.15 bits per heavy atom. The molecule has 0 spiro atoms. The van der Waals surface area contributed by atoms with Gasteiger partial charge in [-0.05, 0) is 48.4 Å². The number of anilines is 1. The summed E-state index contributed by atoms with van der Waals surface area (Å²) in [7, 11) is 0. The highest BCUT2D eigenvalue weighted by molar-refractivity contribution is 5.94. The highest BCUT2D eigenvalue weighted by Crippen LogP contribution is 2.48. The van der Waals surface area contributed by atoms with Crippen LogP contribution < -0.4 is 10.6 Å². The van der Waals surface area contributed by atoms with Gasteiger partial charge < -0.3 is 10.6 Å². The van der Waals surface area contributed by atoms with Crippen LogP contribution in [-0.2, 0) is 4.79 Å². The van der Waals surface area contributed by atoms with E-state index < -0.39 is 0 Å². The largest absolute Gasteiger partial charge is 0.324 e. The molecule has 0 saturated heterocycles. The van der Waals surface area contributed by atoms with Crippen LogP contribution in [0.1, 0.15) is 43.9 Å². The van der Waals surface area contributed by atoms with Crippen molar-refractivity contribution in [1.82, 2.24) is 0 Å². The van der Waals surface area contributed by atoms with E-state index in [9.17, 15) is 4.79 Å². The molecule has 1 unspecified atom stereocenters. The molecule has 3 atom stereocenters. The van der Waals surface area contributed by atoms with Crippen molar-refractivity contribution in [3.8, 4) is 6.07 Å². The van der Waals surface area contributed by atoms with Crippen LogP contribution in [0.15, 0.2) is 18.2 Å². The summed E-state index contributed by atoms with van der Waals surface area (Å²) >= 11 is 0. The van der Waals surface area contributed by atoms with Crippen LogP contribution in [0.2, 0.25) is 0 Å². The number of hydrogen-bond acceptors (Lipinski definition) is 3. The molecule has 20 heavy (non-hydrogen) atoms. The molecule has 1 fully saturated rings. The molecule has 0 aromatic heterocycles. The highest BCUT2D eigenvalue weighted by atomic mass is 16.2. The van der Waals surface area contributed by atoms with Crippen molar-refractivity contribution in [3.63, 3.8) is 0 Å². The zero-order valence-corrected chi connectivity index (χ0v) is 11.8. The quantitative estimate of drug-likeness (QED) is 0.850. The number of carbonyl (C=O) groups is 1. The molecule has 0 radical (unpaired) electrons. The first kappa shape index (κ1) is 13.1. The Bertz CT molecular complexity index is 600.